The van der Waals surface area contributed by atoms with Crippen LogP contribution < -0.4 is 9.64 Å². The van der Waals surface area contributed by atoms with E-state index >= 15 is 0 Å². The highest BCUT2D eigenvalue weighted by molar-refractivity contribution is 6.00. The van der Waals surface area contributed by atoms with E-state index in [2.05, 4.69) is 4.74 Å². The summed E-state index contributed by atoms with van der Waals surface area (Å²) in [6.45, 7) is 0.209. The highest BCUT2D eigenvalue weighted by Gasteiger charge is 2.52. The molecule has 0 unspecified atom stereocenters. The monoisotopic (exact) mass is 423 g/mol. The Balaban J connectivity index is 1.69. The van der Waals surface area contributed by atoms with E-state index < -0.39 is 42.3 Å². The van der Waals surface area contributed by atoms with Crippen LogP contribution in [-0.4, -0.2) is 48.7 Å². The summed E-state index contributed by atoms with van der Waals surface area (Å²) in [5.74, 6) is -3.68. The summed E-state index contributed by atoms with van der Waals surface area (Å²) in [5.41, 5.74) is -0.418. The zero-order valence-corrected chi connectivity index (χ0v) is 15.7. The number of hydrogen-bond donors (Lipinski definition) is 1. The highest BCUT2D eigenvalue weighted by Crippen LogP contribution is 2.47. The minimum atomic E-state index is -4.80. The van der Waals surface area contributed by atoms with Gasteiger partial charge >= 0.3 is 6.36 Å². The van der Waals surface area contributed by atoms with Gasteiger partial charge in [-0.25, -0.2) is 8.78 Å². The topological polar surface area (TPSA) is 59.0 Å². The molecule has 1 saturated carbocycles. The summed E-state index contributed by atoms with van der Waals surface area (Å²) in [5, 5.41) is 10.1. The van der Waals surface area contributed by atoms with Crippen LogP contribution in [0, 0.1) is 5.41 Å². The normalized spacial score (nSPS) is 28.2. The Morgan fingerprint density at radius 1 is 1.17 bits per heavy atom. The molecule has 1 spiro atoms. The number of ether oxygens (including phenoxy) is 2. The van der Waals surface area contributed by atoms with Crippen molar-refractivity contribution in [2.45, 2.75) is 57.1 Å². The minimum absolute atomic E-state index is 0.120. The van der Waals surface area contributed by atoms with Gasteiger partial charge in [-0.3, -0.25) is 4.79 Å². The van der Waals surface area contributed by atoms with E-state index in [-0.39, 0.29) is 18.7 Å². The molecule has 5 nitrogen and oxygen atoms in total. The molecule has 3 atom stereocenters. The fraction of sp³-hybridized carbons (Fsp3) is 0.632. The molecule has 2 fully saturated rings. The molecule has 3 rings (SSSR count). The second-order valence-corrected chi connectivity index (χ2v) is 7.76. The molecular formula is C19H22F5NO4. The number of benzene rings is 1. The van der Waals surface area contributed by atoms with Gasteiger partial charge in [-0.2, -0.15) is 0 Å². The number of nitrogens with zero attached hydrogens (tertiary/aromatic N) is 1. The van der Waals surface area contributed by atoms with Crippen LogP contribution >= 0.6 is 0 Å². The molecule has 29 heavy (non-hydrogen) atoms. The Morgan fingerprint density at radius 2 is 1.83 bits per heavy atom. The van der Waals surface area contributed by atoms with Gasteiger partial charge in [0.25, 0.3) is 5.92 Å². The van der Waals surface area contributed by atoms with E-state index in [1.165, 1.54) is 17.0 Å². The molecule has 1 aromatic rings. The lowest BCUT2D eigenvalue weighted by molar-refractivity contribution is -0.274. The van der Waals surface area contributed by atoms with Gasteiger partial charge in [-0.15, -0.1) is 13.2 Å². The molecule has 1 N–H and O–H groups in total. The first-order chi connectivity index (χ1) is 13.4. The van der Waals surface area contributed by atoms with Crippen LogP contribution in [0.4, 0.5) is 27.6 Å². The lowest BCUT2D eigenvalue weighted by Gasteiger charge is -2.39. The minimum Gasteiger partial charge on any atom is -0.406 e. The van der Waals surface area contributed by atoms with Crippen LogP contribution in [-0.2, 0) is 9.53 Å². The summed E-state index contributed by atoms with van der Waals surface area (Å²) in [7, 11) is 0. The fourth-order valence-corrected chi connectivity index (χ4v) is 3.97. The predicted molar refractivity (Wildman–Crippen MR) is 92.7 cm³/mol. The predicted octanol–water partition coefficient (Wildman–Crippen LogP) is 3.89. The number of aliphatic hydroxyl groups excluding tert-OH is 1. The van der Waals surface area contributed by atoms with Crippen LogP contribution in [0.25, 0.3) is 0 Å². The van der Waals surface area contributed by atoms with E-state index in [0.29, 0.717) is 32.0 Å². The van der Waals surface area contributed by atoms with E-state index in [4.69, 9.17) is 4.74 Å². The van der Waals surface area contributed by atoms with E-state index in [0.717, 1.165) is 12.1 Å². The van der Waals surface area contributed by atoms with Crippen molar-refractivity contribution in [3.63, 3.8) is 0 Å². The molecule has 2 aliphatic rings. The van der Waals surface area contributed by atoms with E-state index in [1.807, 2.05) is 0 Å². The Hall–Kier alpha value is -1.94. The summed E-state index contributed by atoms with van der Waals surface area (Å²) in [4.78, 5) is 14.5. The quantitative estimate of drug-likeness (QED) is 0.730. The SMILES string of the molecule is CC(F)(F)CO[C@H]1C[C@]2(CC[C@@H]1O)CCN(c1ccc(OC(F)(F)F)cc1)C2=O. The Kier molecular flexibility index (Phi) is 5.79. The smallest absolute Gasteiger partial charge is 0.406 e. The molecule has 1 aliphatic carbocycles. The molecule has 1 saturated heterocycles. The first-order valence-electron chi connectivity index (χ1n) is 9.24. The average Bonchev–Trinajstić information content (AvgIpc) is 2.91. The Labute approximate surface area is 164 Å². The Bertz CT molecular complexity index is 734. The number of aliphatic hydroxyl groups is 1. The van der Waals surface area contributed by atoms with Crippen molar-refractivity contribution in [2.24, 2.45) is 5.41 Å². The van der Waals surface area contributed by atoms with Gasteiger partial charge in [-0.1, -0.05) is 0 Å². The molecule has 0 bridgehead atoms. The van der Waals surface area contributed by atoms with Gasteiger partial charge in [0.1, 0.15) is 12.4 Å². The van der Waals surface area contributed by atoms with Crippen LogP contribution in [0.3, 0.4) is 0 Å². The maximum atomic E-state index is 13.1. The lowest BCUT2D eigenvalue weighted by Crippen LogP contribution is -2.46. The number of alkyl halides is 5. The van der Waals surface area contributed by atoms with Crippen molar-refractivity contribution in [2.75, 3.05) is 18.1 Å². The number of halogens is 5. The van der Waals surface area contributed by atoms with Crippen molar-refractivity contribution < 1.29 is 41.3 Å². The average molecular weight is 423 g/mol. The number of anilines is 1. The molecular weight excluding hydrogens is 401 g/mol. The number of carbonyl (C=O) groups excluding carboxylic acids is 1. The third kappa shape index (κ3) is 5.16. The lowest BCUT2D eigenvalue weighted by atomic mass is 9.70. The summed E-state index contributed by atoms with van der Waals surface area (Å²) in [6, 6.07) is 4.98. The standard InChI is InChI=1S/C19H22F5NO4/c1-17(20,21)11-28-15-10-18(7-6-14(15)26)8-9-25(16(18)27)12-2-4-13(5-3-12)29-19(22,23)24/h2-5,14-15,26H,6-11H2,1H3/t14-,15-,18-/m0/s1. The van der Waals surface area contributed by atoms with Gasteiger partial charge in [-0.05, 0) is 49.9 Å². The molecule has 162 valence electrons. The third-order valence-corrected chi connectivity index (χ3v) is 5.39. The zero-order chi connectivity index (χ0) is 21.4. The van der Waals surface area contributed by atoms with Gasteiger partial charge in [0, 0.05) is 19.2 Å². The molecule has 0 aromatic heterocycles. The first kappa shape index (κ1) is 21.8. The third-order valence-electron chi connectivity index (χ3n) is 5.39. The second-order valence-electron chi connectivity index (χ2n) is 7.76. The summed E-state index contributed by atoms with van der Waals surface area (Å²) in [6.07, 6.45) is -5.40. The molecule has 1 heterocycles. The van der Waals surface area contributed by atoms with Crippen molar-refractivity contribution >= 4 is 11.6 Å². The van der Waals surface area contributed by atoms with Crippen LogP contribution in [0.5, 0.6) is 5.75 Å². The van der Waals surface area contributed by atoms with E-state index in [9.17, 15) is 31.9 Å². The molecule has 1 aliphatic heterocycles. The molecule has 1 aromatic carbocycles. The first-order valence-corrected chi connectivity index (χ1v) is 9.24. The Morgan fingerprint density at radius 3 is 2.41 bits per heavy atom. The van der Waals surface area contributed by atoms with Crippen molar-refractivity contribution in [1.29, 1.82) is 0 Å². The highest BCUT2D eigenvalue weighted by atomic mass is 19.4. The zero-order valence-electron chi connectivity index (χ0n) is 15.7. The maximum absolute atomic E-state index is 13.1. The molecule has 1 amide bonds. The number of rotatable bonds is 5. The number of amides is 1. The van der Waals surface area contributed by atoms with Crippen LogP contribution in [0.2, 0.25) is 0 Å². The fourth-order valence-electron chi connectivity index (χ4n) is 3.97. The van der Waals surface area contributed by atoms with Gasteiger partial charge in [0.15, 0.2) is 0 Å². The maximum Gasteiger partial charge on any atom is 0.573 e. The summed E-state index contributed by atoms with van der Waals surface area (Å²) < 4.78 is 72.1. The second kappa shape index (κ2) is 7.71. The van der Waals surface area contributed by atoms with Gasteiger partial charge in [0.05, 0.1) is 17.6 Å². The molecule has 10 heteroatoms. The van der Waals surface area contributed by atoms with Crippen molar-refractivity contribution in [1.82, 2.24) is 0 Å². The largest absolute Gasteiger partial charge is 0.573 e. The van der Waals surface area contributed by atoms with Crippen LogP contribution in [0.15, 0.2) is 24.3 Å². The van der Waals surface area contributed by atoms with Crippen molar-refractivity contribution in [3.05, 3.63) is 24.3 Å². The van der Waals surface area contributed by atoms with Gasteiger partial charge < -0.3 is 19.5 Å². The number of carbonyl (C=O) groups is 1. The molecule has 0 radical (unpaired) electrons. The summed E-state index contributed by atoms with van der Waals surface area (Å²) >= 11 is 0. The van der Waals surface area contributed by atoms with E-state index in [1.54, 1.807) is 0 Å². The van der Waals surface area contributed by atoms with Gasteiger partial charge in [0.2, 0.25) is 5.91 Å². The van der Waals surface area contributed by atoms with Crippen molar-refractivity contribution in [3.8, 4) is 5.75 Å². The number of hydrogen-bond acceptors (Lipinski definition) is 4. The van der Waals surface area contributed by atoms with Crippen LogP contribution in [0.1, 0.15) is 32.6 Å².